The summed E-state index contributed by atoms with van der Waals surface area (Å²) in [6.07, 6.45) is 2.17. The summed E-state index contributed by atoms with van der Waals surface area (Å²) in [6, 6.07) is 4.93. The number of halogens is 1. The second kappa shape index (κ2) is 7.17. The molecule has 0 aliphatic heterocycles. The largest absolute Gasteiger partial charge is 0.482 e. The van der Waals surface area contributed by atoms with Gasteiger partial charge in [0.25, 0.3) is 0 Å². The average Bonchev–Trinajstić information content (AvgIpc) is 2.94. The van der Waals surface area contributed by atoms with Gasteiger partial charge in [0, 0.05) is 12.5 Å². The summed E-state index contributed by atoms with van der Waals surface area (Å²) in [5, 5.41) is 3.75. The van der Waals surface area contributed by atoms with Crippen LogP contribution >= 0.6 is 0 Å². The number of aromatic nitrogens is 2. The normalized spacial score (nSPS) is 12.4. The minimum atomic E-state index is -0.407. The van der Waals surface area contributed by atoms with E-state index in [-0.39, 0.29) is 18.4 Å². The molecule has 2 rings (SSSR count). The maximum atomic E-state index is 13.9. The minimum Gasteiger partial charge on any atom is -0.482 e. The van der Waals surface area contributed by atoms with Gasteiger partial charge >= 0.3 is 0 Å². The van der Waals surface area contributed by atoms with Crippen molar-refractivity contribution in [3.05, 3.63) is 41.3 Å². The van der Waals surface area contributed by atoms with Gasteiger partial charge in [-0.2, -0.15) is 4.98 Å². The van der Waals surface area contributed by atoms with Gasteiger partial charge in [0.2, 0.25) is 11.7 Å². The Balaban J connectivity index is 1.97. The molecule has 0 bridgehead atoms. The second-order valence-electron chi connectivity index (χ2n) is 4.88. The number of nitrogens with two attached hydrogens (primary N) is 1. The molecule has 21 heavy (non-hydrogen) atoms. The van der Waals surface area contributed by atoms with Gasteiger partial charge < -0.3 is 15.0 Å². The highest BCUT2D eigenvalue weighted by molar-refractivity contribution is 5.29. The van der Waals surface area contributed by atoms with E-state index in [4.69, 9.17) is 15.0 Å². The Kier molecular flexibility index (Phi) is 5.27. The van der Waals surface area contributed by atoms with Crippen molar-refractivity contribution in [1.82, 2.24) is 10.1 Å². The molecule has 0 aliphatic carbocycles. The fourth-order valence-corrected chi connectivity index (χ4v) is 1.87. The van der Waals surface area contributed by atoms with Crippen molar-refractivity contribution in [2.24, 2.45) is 5.73 Å². The fourth-order valence-electron chi connectivity index (χ4n) is 1.87. The lowest BCUT2D eigenvalue weighted by atomic mass is 10.0. The van der Waals surface area contributed by atoms with Gasteiger partial charge in [-0.3, -0.25) is 0 Å². The van der Waals surface area contributed by atoms with Crippen LogP contribution in [0.4, 0.5) is 4.39 Å². The molecular formula is C15H20FN3O2. The van der Waals surface area contributed by atoms with Crippen LogP contribution in [0.1, 0.15) is 37.5 Å². The third-order valence-electron chi connectivity index (χ3n) is 3.19. The molecule has 0 spiro atoms. The van der Waals surface area contributed by atoms with Crippen molar-refractivity contribution in [2.45, 2.75) is 45.8 Å². The van der Waals surface area contributed by atoms with Crippen LogP contribution in [0.3, 0.4) is 0 Å². The van der Waals surface area contributed by atoms with Crippen molar-refractivity contribution < 1.29 is 13.7 Å². The Morgan fingerprint density at radius 3 is 2.81 bits per heavy atom. The fraction of sp³-hybridized carbons (Fsp3) is 0.467. The van der Waals surface area contributed by atoms with Crippen LogP contribution in [0.2, 0.25) is 0 Å². The molecule has 1 atom stereocenters. The van der Waals surface area contributed by atoms with Crippen LogP contribution in [0.5, 0.6) is 5.75 Å². The van der Waals surface area contributed by atoms with E-state index >= 15 is 0 Å². The van der Waals surface area contributed by atoms with Crippen LogP contribution in [0, 0.1) is 5.82 Å². The zero-order chi connectivity index (χ0) is 15.2. The average molecular weight is 293 g/mol. The molecule has 1 heterocycles. The van der Waals surface area contributed by atoms with Crippen molar-refractivity contribution in [2.75, 3.05) is 0 Å². The summed E-state index contributed by atoms with van der Waals surface area (Å²) in [5.74, 6) is 0.711. The number of rotatable bonds is 7. The Morgan fingerprint density at radius 2 is 2.19 bits per heavy atom. The first-order valence-corrected chi connectivity index (χ1v) is 7.10. The Labute approximate surface area is 123 Å². The first-order chi connectivity index (χ1) is 10.1. The number of nitrogens with zero attached hydrogens (tertiary/aromatic N) is 2. The molecule has 1 aromatic heterocycles. The van der Waals surface area contributed by atoms with Gasteiger partial charge in [-0.05, 0) is 30.5 Å². The van der Waals surface area contributed by atoms with Gasteiger partial charge in [0.05, 0.1) is 0 Å². The van der Waals surface area contributed by atoms with E-state index in [0.29, 0.717) is 24.6 Å². The zero-order valence-corrected chi connectivity index (χ0v) is 12.3. The lowest BCUT2D eigenvalue weighted by Gasteiger charge is -2.10. The highest BCUT2D eigenvalue weighted by Gasteiger charge is 2.10. The topological polar surface area (TPSA) is 74.2 Å². The summed E-state index contributed by atoms with van der Waals surface area (Å²) < 4.78 is 24.3. The molecule has 0 saturated heterocycles. The summed E-state index contributed by atoms with van der Waals surface area (Å²) in [4.78, 5) is 4.10. The molecule has 114 valence electrons. The van der Waals surface area contributed by atoms with E-state index in [1.165, 1.54) is 6.07 Å². The van der Waals surface area contributed by atoms with E-state index < -0.39 is 5.82 Å². The van der Waals surface area contributed by atoms with E-state index in [1.807, 2.05) is 19.9 Å². The van der Waals surface area contributed by atoms with Gasteiger partial charge in [-0.1, -0.05) is 25.1 Å². The summed E-state index contributed by atoms with van der Waals surface area (Å²) in [6.45, 7) is 4.00. The molecule has 0 radical (unpaired) electrons. The maximum Gasteiger partial charge on any atom is 0.226 e. The van der Waals surface area contributed by atoms with Crippen LogP contribution in [-0.2, 0) is 19.4 Å². The SMILES string of the molecule is CCc1nc(COc2ccc(CC(N)CC)cc2F)no1. The predicted molar refractivity (Wildman–Crippen MR) is 76.4 cm³/mol. The predicted octanol–water partition coefficient (Wildman–Crippen LogP) is 2.63. The molecular weight excluding hydrogens is 273 g/mol. The van der Waals surface area contributed by atoms with Gasteiger partial charge in [-0.25, -0.2) is 4.39 Å². The standard InChI is InChI=1S/C15H20FN3O2/c1-3-11(17)7-10-5-6-13(12(16)8-10)20-9-14-18-15(4-2)21-19-14/h5-6,8,11H,3-4,7,9,17H2,1-2H3. The van der Waals surface area contributed by atoms with Crippen molar-refractivity contribution in [3.8, 4) is 5.75 Å². The van der Waals surface area contributed by atoms with Crippen molar-refractivity contribution in [3.63, 3.8) is 0 Å². The molecule has 0 aliphatic rings. The van der Waals surface area contributed by atoms with Crippen molar-refractivity contribution in [1.29, 1.82) is 0 Å². The Morgan fingerprint density at radius 1 is 1.38 bits per heavy atom. The van der Waals surface area contributed by atoms with Crippen LogP contribution < -0.4 is 10.5 Å². The molecule has 0 fully saturated rings. The number of aryl methyl sites for hydroxylation is 1. The van der Waals surface area contributed by atoms with Gasteiger partial charge in [0.1, 0.15) is 0 Å². The van der Waals surface area contributed by atoms with E-state index in [2.05, 4.69) is 10.1 Å². The summed E-state index contributed by atoms with van der Waals surface area (Å²) in [5.41, 5.74) is 6.73. The monoisotopic (exact) mass is 293 g/mol. The van der Waals surface area contributed by atoms with Crippen LogP contribution in [0.15, 0.2) is 22.7 Å². The third kappa shape index (κ3) is 4.26. The first kappa shape index (κ1) is 15.4. The van der Waals surface area contributed by atoms with E-state index in [1.54, 1.807) is 6.07 Å². The Hall–Kier alpha value is -1.95. The van der Waals surface area contributed by atoms with Crippen molar-refractivity contribution >= 4 is 0 Å². The number of benzene rings is 1. The minimum absolute atomic E-state index is 0.0444. The number of hydrogen-bond acceptors (Lipinski definition) is 5. The van der Waals surface area contributed by atoms with E-state index in [9.17, 15) is 4.39 Å². The molecule has 0 amide bonds. The summed E-state index contributed by atoms with van der Waals surface area (Å²) >= 11 is 0. The lowest BCUT2D eigenvalue weighted by molar-refractivity contribution is 0.272. The quantitative estimate of drug-likeness (QED) is 0.849. The van der Waals surface area contributed by atoms with Gasteiger partial charge in [0.15, 0.2) is 18.2 Å². The maximum absolute atomic E-state index is 13.9. The molecule has 2 N–H and O–H groups in total. The molecule has 1 aromatic carbocycles. The second-order valence-corrected chi connectivity index (χ2v) is 4.88. The highest BCUT2D eigenvalue weighted by atomic mass is 19.1. The van der Waals surface area contributed by atoms with E-state index in [0.717, 1.165) is 12.0 Å². The van der Waals surface area contributed by atoms with Gasteiger partial charge in [-0.15, -0.1) is 0 Å². The Bertz CT molecular complexity index is 586. The molecule has 1 unspecified atom stereocenters. The molecule has 0 saturated carbocycles. The lowest BCUT2D eigenvalue weighted by Crippen LogP contribution is -2.21. The molecule has 6 heteroatoms. The third-order valence-corrected chi connectivity index (χ3v) is 3.19. The number of hydrogen-bond donors (Lipinski definition) is 1. The summed E-state index contributed by atoms with van der Waals surface area (Å²) in [7, 11) is 0. The molecule has 5 nitrogen and oxygen atoms in total. The smallest absolute Gasteiger partial charge is 0.226 e. The first-order valence-electron chi connectivity index (χ1n) is 7.10. The van der Waals surface area contributed by atoms with Crippen LogP contribution in [0.25, 0.3) is 0 Å². The number of ether oxygens (including phenoxy) is 1. The highest BCUT2D eigenvalue weighted by Crippen LogP contribution is 2.20. The molecule has 2 aromatic rings. The zero-order valence-electron chi connectivity index (χ0n) is 12.3. The van der Waals surface area contributed by atoms with Crippen LogP contribution in [-0.4, -0.2) is 16.2 Å².